The molecule has 0 aliphatic carbocycles. The number of nitrogens with one attached hydrogen (secondary N) is 1. The van der Waals surface area contributed by atoms with Crippen LogP contribution in [0.1, 0.15) is 28.9 Å². The minimum absolute atomic E-state index is 0.144. The molecule has 0 bridgehead atoms. The molecule has 3 rings (SSSR count). The summed E-state index contributed by atoms with van der Waals surface area (Å²) < 4.78 is 5.29. The Hall–Kier alpha value is -2.62. The zero-order chi connectivity index (χ0) is 15.5. The molecule has 1 aliphatic heterocycles. The summed E-state index contributed by atoms with van der Waals surface area (Å²) in [5, 5.41) is 2.82. The third-order valence-electron chi connectivity index (χ3n) is 3.65. The molecule has 22 heavy (non-hydrogen) atoms. The van der Waals surface area contributed by atoms with E-state index in [9.17, 15) is 4.79 Å². The highest BCUT2D eigenvalue weighted by Gasteiger charge is 2.20. The van der Waals surface area contributed by atoms with Crippen LogP contribution in [0.4, 0.5) is 0 Å². The van der Waals surface area contributed by atoms with Crippen LogP contribution in [0.15, 0.2) is 51.7 Å². The van der Waals surface area contributed by atoms with Crippen molar-refractivity contribution < 1.29 is 9.21 Å². The Labute approximate surface area is 129 Å². The normalized spacial score (nSPS) is 16.0. The van der Waals surface area contributed by atoms with Crippen molar-refractivity contribution in [3.8, 4) is 0 Å². The first-order chi connectivity index (χ1) is 10.6. The van der Waals surface area contributed by atoms with Crippen LogP contribution < -0.4 is 5.32 Å². The van der Waals surface area contributed by atoms with Gasteiger partial charge >= 0.3 is 0 Å². The van der Waals surface area contributed by atoms with E-state index in [1.165, 1.54) is 5.56 Å². The topological polar surface area (TPSA) is 54.6 Å². The number of aliphatic imine (C=N–C) groups is 1. The number of carbonyl (C=O) groups excluding carboxylic acids is 1. The summed E-state index contributed by atoms with van der Waals surface area (Å²) in [6, 6.07) is 9.93. The molecular weight excluding hydrogens is 276 g/mol. The molecule has 4 nitrogen and oxygen atoms in total. The summed E-state index contributed by atoms with van der Waals surface area (Å²) in [5.74, 6) is 1.44. The van der Waals surface area contributed by atoms with Crippen LogP contribution in [-0.4, -0.2) is 11.7 Å². The molecule has 1 N–H and O–H groups in total. The van der Waals surface area contributed by atoms with E-state index in [1.807, 2.05) is 37.3 Å². The predicted octanol–water partition coefficient (Wildman–Crippen LogP) is 3.40. The number of amidine groups is 1. The first kappa shape index (κ1) is 14.3. The summed E-state index contributed by atoms with van der Waals surface area (Å²) in [5.41, 5.74) is 3.82. The monoisotopic (exact) mass is 294 g/mol. The van der Waals surface area contributed by atoms with Crippen molar-refractivity contribution in [1.29, 1.82) is 0 Å². The van der Waals surface area contributed by atoms with Gasteiger partial charge in [0, 0.05) is 12.8 Å². The minimum atomic E-state index is -0.144. The molecule has 1 aliphatic rings. The predicted molar refractivity (Wildman–Crippen MR) is 86.5 cm³/mol. The van der Waals surface area contributed by atoms with Gasteiger partial charge in [0.25, 0.3) is 5.91 Å². The summed E-state index contributed by atoms with van der Waals surface area (Å²) >= 11 is 0. The van der Waals surface area contributed by atoms with E-state index in [2.05, 4.69) is 23.3 Å². The average Bonchev–Trinajstić information content (AvgIpc) is 3.10. The maximum atomic E-state index is 12.0. The maximum absolute atomic E-state index is 12.0. The third-order valence-corrected chi connectivity index (χ3v) is 3.65. The zero-order valence-electron chi connectivity index (χ0n) is 12.7. The molecule has 1 amide bonds. The smallest absolute Gasteiger partial charge is 0.275 e. The molecule has 0 saturated carbocycles. The Bertz CT molecular complexity index is 755. The lowest BCUT2D eigenvalue weighted by Gasteiger charge is -2.01. The lowest BCUT2D eigenvalue weighted by atomic mass is 10.0. The fraction of sp³-hybridized carbons (Fsp3) is 0.222. The second-order valence-electron chi connectivity index (χ2n) is 5.48. The van der Waals surface area contributed by atoms with Crippen molar-refractivity contribution in [2.24, 2.45) is 4.99 Å². The number of carbonyl (C=O) groups is 1. The molecule has 0 atom stereocenters. The van der Waals surface area contributed by atoms with E-state index in [1.54, 1.807) is 6.26 Å². The highest BCUT2D eigenvalue weighted by atomic mass is 16.3. The minimum Gasteiger partial charge on any atom is -0.469 e. The van der Waals surface area contributed by atoms with Crippen LogP contribution in [0, 0.1) is 13.8 Å². The van der Waals surface area contributed by atoms with Gasteiger partial charge in [-0.15, -0.1) is 0 Å². The Morgan fingerprint density at radius 3 is 2.82 bits per heavy atom. The van der Waals surface area contributed by atoms with Crippen LogP contribution in [0.25, 0.3) is 6.08 Å². The number of aryl methyl sites for hydroxylation is 3. The molecule has 0 fully saturated rings. The molecule has 0 unspecified atom stereocenters. The molecule has 2 heterocycles. The van der Waals surface area contributed by atoms with Crippen molar-refractivity contribution >= 4 is 17.8 Å². The van der Waals surface area contributed by atoms with Gasteiger partial charge in [0.05, 0.1) is 6.26 Å². The van der Waals surface area contributed by atoms with E-state index >= 15 is 0 Å². The standard InChI is InChI=1S/C18H18N2O2/c1-12-5-6-14(13(2)10-12)11-16-18(21)20-17(19-16)8-7-15-4-3-9-22-15/h3-6,9-11H,7-8H2,1-2H3,(H,19,20,21)/b16-11-. The van der Waals surface area contributed by atoms with Gasteiger partial charge in [0.15, 0.2) is 0 Å². The van der Waals surface area contributed by atoms with Crippen LogP contribution in [0.2, 0.25) is 0 Å². The van der Waals surface area contributed by atoms with E-state index in [0.29, 0.717) is 18.0 Å². The molecule has 1 aromatic carbocycles. The average molecular weight is 294 g/mol. The number of benzene rings is 1. The van der Waals surface area contributed by atoms with E-state index in [-0.39, 0.29) is 5.91 Å². The van der Waals surface area contributed by atoms with Crippen LogP contribution in [-0.2, 0) is 11.2 Å². The zero-order valence-corrected chi connectivity index (χ0v) is 12.7. The lowest BCUT2D eigenvalue weighted by molar-refractivity contribution is -0.115. The molecule has 0 saturated heterocycles. The van der Waals surface area contributed by atoms with Gasteiger partial charge in [0.2, 0.25) is 0 Å². The quantitative estimate of drug-likeness (QED) is 0.879. The summed E-state index contributed by atoms with van der Waals surface area (Å²) in [4.78, 5) is 16.4. The molecule has 112 valence electrons. The van der Waals surface area contributed by atoms with Crippen molar-refractivity contribution in [3.63, 3.8) is 0 Å². The SMILES string of the molecule is Cc1ccc(/C=C2\N=C(CCc3ccco3)NC2=O)c(C)c1. The van der Waals surface area contributed by atoms with Crippen molar-refractivity contribution in [2.75, 3.05) is 0 Å². The Morgan fingerprint density at radius 2 is 2.09 bits per heavy atom. The summed E-state index contributed by atoms with van der Waals surface area (Å²) in [6.07, 6.45) is 4.87. The maximum Gasteiger partial charge on any atom is 0.275 e. The number of hydrogen-bond acceptors (Lipinski definition) is 3. The van der Waals surface area contributed by atoms with Gasteiger partial charge in [-0.2, -0.15) is 0 Å². The van der Waals surface area contributed by atoms with Crippen LogP contribution in [0.3, 0.4) is 0 Å². The van der Waals surface area contributed by atoms with Crippen molar-refractivity contribution in [1.82, 2.24) is 5.32 Å². The number of amides is 1. The van der Waals surface area contributed by atoms with Gasteiger partial charge in [-0.1, -0.05) is 23.8 Å². The highest BCUT2D eigenvalue weighted by molar-refractivity contribution is 6.14. The number of nitrogens with zero attached hydrogens (tertiary/aromatic N) is 1. The molecule has 0 radical (unpaired) electrons. The largest absolute Gasteiger partial charge is 0.469 e. The van der Waals surface area contributed by atoms with Crippen molar-refractivity contribution in [2.45, 2.75) is 26.7 Å². The van der Waals surface area contributed by atoms with E-state index < -0.39 is 0 Å². The van der Waals surface area contributed by atoms with Gasteiger partial charge in [0.1, 0.15) is 17.3 Å². The van der Waals surface area contributed by atoms with Gasteiger partial charge in [-0.3, -0.25) is 4.79 Å². The number of hydrogen-bond donors (Lipinski definition) is 1. The highest BCUT2D eigenvalue weighted by Crippen LogP contribution is 2.18. The van der Waals surface area contributed by atoms with Gasteiger partial charge < -0.3 is 9.73 Å². The molecular formula is C18H18N2O2. The fourth-order valence-corrected chi connectivity index (χ4v) is 2.47. The van der Waals surface area contributed by atoms with Crippen molar-refractivity contribution in [3.05, 3.63) is 64.7 Å². The molecule has 1 aromatic heterocycles. The number of rotatable bonds is 4. The lowest BCUT2D eigenvalue weighted by Crippen LogP contribution is -2.24. The number of furan rings is 1. The Morgan fingerprint density at radius 1 is 1.23 bits per heavy atom. The van der Waals surface area contributed by atoms with E-state index in [0.717, 1.165) is 23.3 Å². The molecule has 4 heteroatoms. The second kappa shape index (κ2) is 6.02. The van der Waals surface area contributed by atoms with Crippen LogP contribution in [0.5, 0.6) is 0 Å². The van der Waals surface area contributed by atoms with E-state index in [4.69, 9.17) is 4.42 Å². The molecule has 2 aromatic rings. The Balaban J connectivity index is 1.75. The fourth-order valence-electron chi connectivity index (χ4n) is 2.47. The van der Waals surface area contributed by atoms with Crippen LogP contribution >= 0.6 is 0 Å². The third kappa shape index (κ3) is 3.17. The Kier molecular flexibility index (Phi) is 3.92. The molecule has 0 spiro atoms. The van der Waals surface area contributed by atoms with Gasteiger partial charge in [-0.25, -0.2) is 4.99 Å². The second-order valence-corrected chi connectivity index (χ2v) is 5.48. The van der Waals surface area contributed by atoms with Gasteiger partial charge in [-0.05, 0) is 43.2 Å². The summed E-state index contributed by atoms with van der Waals surface area (Å²) in [6.45, 7) is 4.09. The first-order valence-corrected chi connectivity index (χ1v) is 7.32. The summed E-state index contributed by atoms with van der Waals surface area (Å²) in [7, 11) is 0. The first-order valence-electron chi connectivity index (χ1n) is 7.32.